The molecule has 5 rings (SSSR count). The van der Waals surface area contributed by atoms with Crippen molar-refractivity contribution in [3.63, 3.8) is 0 Å². The summed E-state index contributed by atoms with van der Waals surface area (Å²) in [5.74, 6) is 0.510. The van der Waals surface area contributed by atoms with Crippen LogP contribution in [0.3, 0.4) is 0 Å². The number of nitrogens with zero attached hydrogens (tertiary/aromatic N) is 3. The number of ether oxygens (including phenoxy) is 1. The van der Waals surface area contributed by atoms with Crippen LogP contribution in [0.1, 0.15) is 110 Å². The topological polar surface area (TPSA) is 195 Å². The number of carbonyl (C=O) groups excluding carboxylic acids is 3. The molecule has 2 aliphatic rings. The largest absolute Gasteiger partial charge is 0.457 e. The van der Waals surface area contributed by atoms with E-state index in [9.17, 15) is 14.4 Å². The highest BCUT2D eigenvalue weighted by Crippen LogP contribution is 2.48. The Labute approximate surface area is 421 Å². The van der Waals surface area contributed by atoms with E-state index in [0.717, 1.165) is 108 Å². The lowest BCUT2D eigenvalue weighted by Gasteiger charge is -2.27. The first-order valence-corrected chi connectivity index (χ1v) is 25.2. The van der Waals surface area contributed by atoms with Gasteiger partial charge in [0, 0.05) is 88.4 Å². The lowest BCUT2D eigenvalue weighted by molar-refractivity contribution is -0.438. The number of carbonyl (C=O) groups is 3. The van der Waals surface area contributed by atoms with Crippen molar-refractivity contribution >= 4 is 71.5 Å². The average molecular weight is 1030 g/mol. The summed E-state index contributed by atoms with van der Waals surface area (Å²) < 4.78 is 23.0. The Kier molecular flexibility index (Phi) is 22.2. The smallest absolute Gasteiger partial charge is 0.333 e. The first-order valence-electron chi connectivity index (χ1n) is 22.8. The molecule has 3 aromatic rings. The van der Waals surface area contributed by atoms with E-state index in [1.807, 2.05) is 42.5 Å². The lowest BCUT2D eigenvalue weighted by atomic mass is 9.81. The van der Waals surface area contributed by atoms with Gasteiger partial charge >= 0.3 is 5.97 Å². The van der Waals surface area contributed by atoms with Crippen molar-refractivity contribution < 1.29 is 72.4 Å². The molecule has 2 heterocycles. The number of allylic oxidation sites excluding steroid dienone is 7. The van der Waals surface area contributed by atoms with Crippen LogP contribution in [0.4, 0.5) is 11.4 Å². The monoisotopic (exact) mass is 1020 g/mol. The van der Waals surface area contributed by atoms with Crippen LogP contribution in [0, 0.1) is 6.92 Å². The molecule has 17 nitrogen and oxygen atoms in total. The van der Waals surface area contributed by atoms with Gasteiger partial charge in [-0.15, -0.1) is 18.1 Å². The van der Waals surface area contributed by atoms with Gasteiger partial charge in [-0.2, -0.15) is 4.58 Å². The number of rotatable bonds is 28. The van der Waals surface area contributed by atoms with E-state index in [-0.39, 0.29) is 18.2 Å². The standard InChI is InChI=1S/C50H61N3O14S3/c1-8-15-37(20-28-47-50(6,7)42-33-40(70-67-64-59)25-27-44(42)52(47)29-11-9-10-18-48(56)61-53(34-54)36(3)55)45(60-38-21-23-39(24-22-38)69-66-63-58)16-14-17-46-49(4,5)41-32-35(2)19-26-43(41)51(46)30-12-13-31-68-65-62-57/h14,16-17,19-28,32-34H,8-13,15,18,29-31H2,1-7H3,(H2-,57,58,59)/p+1. The summed E-state index contributed by atoms with van der Waals surface area (Å²) in [5, 5.41) is 37.9. The van der Waals surface area contributed by atoms with E-state index in [1.165, 1.54) is 11.1 Å². The number of anilines is 1. The van der Waals surface area contributed by atoms with Gasteiger partial charge in [0.1, 0.15) is 18.1 Å². The molecule has 0 unspecified atom stereocenters. The second-order valence-corrected chi connectivity index (χ2v) is 19.8. The first-order chi connectivity index (χ1) is 33.7. The maximum absolute atomic E-state index is 12.4. The van der Waals surface area contributed by atoms with E-state index >= 15 is 0 Å². The number of hydrogen-bond donors (Lipinski definition) is 3. The van der Waals surface area contributed by atoms with Crippen LogP contribution >= 0.6 is 36.1 Å². The van der Waals surface area contributed by atoms with Gasteiger partial charge in [0.05, 0.1) is 29.5 Å². The van der Waals surface area contributed by atoms with Crippen molar-refractivity contribution in [1.82, 2.24) is 5.06 Å². The predicted molar refractivity (Wildman–Crippen MR) is 267 cm³/mol. The molecule has 0 spiro atoms. The number of benzene rings is 3. The molecule has 2 aliphatic heterocycles. The van der Waals surface area contributed by atoms with Gasteiger partial charge in [-0.05, 0) is 125 Å². The number of unbranched alkanes of at least 4 members (excludes halogenated alkanes) is 3. The Morgan fingerprint density at radius 1 is 0.800 bits per heavy atom. The van der Waals surface area contributed by atoms with Gasteiger partial charge in [-0.25, -0.2) is 20.6 Å². The lowest BCUT2D eigenvalue weighted by Crippen LogP contribution is -2.30. The number of fused-ring (bicyclic) bond motifs is 2. The summed E-state index contributed by atoms with van der Waals surface area (Å²) in [4.78, 5) is 43.7. The Morgan fingerprint density at radius 2 is 1.51 bits per heavy atom. The van der Waals surface area contributed by atoms with Crippen molar-refractivity contribution in [2.75, 3.05) is 23.7 Å². The number of aryl methyl sites for hydroxylation is 1. The van der Waals surface area contributed by atoms with E-state index in [4.69, 9.17) is 29.7 Å². The third-order valence-electron chi connectivity index (χ3n) is 11.9. The highest BCUT2D eigenvalue weighted by atomic mass is 32.2. The number of hydroxylamine groups is 2. The SMILES string of the molecule is CCCC(/C=C/C1=[N+](CCCCCC(=O)ON(C=O)C(C)=O)c2ccc(SOOO)cc2C1(C)C)=C(\C=C\C=C1\N(CCCCSOOO)c2ccc(C)cc2C1(C)C)Oc1ccc(SOOO)cc1. The van der Waals surface area contributed by atoms with Crippen molar-refractivity contribution in [2.45, 2.75) is 120 Å². The molecule has 3 aromatic carbocycles. The zero-order valence-corrected chi connectivity index (χ0v) is 42.9. The summed E-state index contributed by atoms with van der Waals surface area (Å²) in [5.41, 5.74) is 7.88. The minimum absolute atomic E-state index is 0.0355. The van der Waals surface area contributed by atoms with Crippen LogP contribution < -0.4 is 9.64 Å². The highest BCUT2D eigenvalue weighted by Gasteiger charge is 2.44. The molecule has 2 amide bonds. The third-order valence-corrected chi connectivity index (χ3v) is 13.7. The summed E-state index contributed by atoms with van der Waals surface area (Å²) in [6.07, 6.45) is 15.7. The van der Waals surface area contributed by atoms with Crippen LogP contribution in [0.2, 0.25) is 0 Å². The van der Waals surface area contributed by atoms with Gasteiger partial charge in [0.15, 0.2) is 5.71 Å². The molecule has 0 aromatic heterocycles. The number of imide groups is 1. The fourth-order valence-electron chi connectivity index (χ4n) is 8.47. The molecule has 0 aliphatic carbocycles. The number of amides is 2. The van der Waals surface area contributed by atoms with Crippen LogP contribution in [-0.2, 0) is 58.2 Å². The summed E-state index contributed by atoms with van der Waals surface area (Å²) in [7, 11) is 0. The van der Waals surface area contributed by atoms with E-state index < -0.39 is 17.3 Å². The Bertz CT molecular complexity index is 2420. The third kappa shape index (κ3) is 15.1. The number of hydrogen-bond acceptors (Lipinski definition) is 18. The first kappa shape index (κ1) is 56.1. The summed E-state index contributed by atoms with van der Waals surface area (Å²) in [6, 6.07) is 19.7. The van der Waals surface area contributed by atoms with Crippen molar-refractivity contribution in [2.24, 2.45) is 0 Å². The molecule has 70 heavy (non-hydrogen) atoms. The molecule has 0 atom stereocenters. The van der Waals surface area contributed by atoms with Gasteiger partial charge in [0.25, 0.3) is 12.3 Å². The van der Waals surface area contributed by atoms with Crippen molar-refractivity contribution in [3.05, 3.63) is 125 Å². The molecule has 0 bridgehead atoms. The van der Waals surface area contributed by atoms with Crippen LogP contribution in [0.25, 0.3) is 0 Å². The van der Waals surface area contributed by atoms with Crippen molar-refractivity contribution in [1.29, 1.82) is 0 Å². The quantitative estimate of drug-likeness (QED) is 0.00907. The van der Waals surface area contributed by atoms with Crippen molar-refractivity contribution in [3.8, 4) is 5.75 Å². The van der Waals surface area contributed by atoms with Crippen LogP contribution in [0.5, 0.6) is 5.75 Å². The second-order valence-electron chi connectivity index (χ2n) is 17.4. The average Bonchev–Trinajstić information content (AvgIpc) is 3.68. The second kappa shape index (κ2) is 27.7. The van der Waals surface area contributed by atoms with Crippen LogP contribution in [-0.4, -0.2) is 68.3 Å². The maximum atomic E-state index is 12.4. The zero-order valence-electron chi connectivity index (χ0n) is 40.4. The molecule has 3 N–H and O–H groups in total. The zero-order chi connectivity index (χ0) is 50.7. The van der Waals surface area contributed by atoms with E-state index in [1.54, 1.807) is 12.1 Å². The molecule has 0 saturated heterocycles. The van der Waals surface area contributed by atoms with Crippen LogP contribution in [0.15, 0.2) is 118 Å². The van der Waals surface area contributed by atoms with E-state index in [0.29, 0.717) is 59.4 Å². The molecular weight excluding hydrogens is 963 g/mol. The maximum Gasteiger partial charge on any atom is 0.333 e. The van der Waals surface area contributed by atoms with Gasteiger partial charge in [0.2, 0.25) is 5.69 Å². The van der Waals surface area contributed by atoms with E-state index in [2.05, 4.69) is 111 Å². The van der Waals surface area contributed by atoms with Gasteiger partial charge in [-0.3, -0.25) is 9.59 Å². The fraction of sp³-hybridized carbons (Fsp3) is 0.400. The highest BCUT2D eigenvalue weighted by molar-refractivity contribution is 7.95. The van der Waals surface area contributed by atoms with Gasteiger partial charge in [-0.1, -0.05) is 66.1 Å². The van der Waals surface area contributed by atoms with Gasteiger partial charge < -0.3 is 14.5 Å². The fourth-order valence-corrected chi connectivity index (χ4v) is 9.65. The summed E-state index contributed by atoms with van der Waals surface area (Å²) in [6.45, 7) is 15.5. The molecular formula is C50H62N3O14S3+. The predicted octanol–water partition coefficient (Wildman–Crippen LogP) is 12.0. The molecule has 0 radical (unpaired) electrons. The Hall–Kier alpha value is -4.81. The molecule has 20 heteroatoms. The molecule has 0 saturated carbocycles. The summed E-state index contributed by atoms with van der Waals surface area (Å²) >= 11 is 2.80. The Morgan fingerprint density at radius 3 is 2.20 bits per heavy atom. The minimum atomic E-state index is -0.687. The molecule has 378 valence electrons. The Balaban J connectivity index is 1.54. The minimum Gasteiger partial charge on any atom is -0.457 e. The molecule has 0 fully saturated rings. The normalized spacial score (nSPS) is 15.7.